The minimum atomic E-state index is -0.943. The minimum absolute atomic E-state index is 0. The minimum Gasteiger partial charge on any atom is -0.343 e. The van der Waals surface area contributed by atoms with E-state index in [1.807, 2.05) is 30.3 Å². The second-order valence-corrected chi connectivity index (χ2v) is 5.63. The molecule has 0 saturated heterocycles. The summed E-state index contributed by atoms with van der Waals surface area (Å²) in [5, 5.41) is 6.69. The van der Waals surface area contributed by atoms with Gasteiger partial charge in [-0.25, -0.2) is 0 Å². The molecule has 0 bridgehead atoms. The number of hydrogen-bond acceptors (Lipinski definition) is 5. The van der Waals surface area contributed by atoms with Crippen LogP contribution in [0.5, 0.6) is 0 Å². The second kappa shape index (κ2) is 7.38. The number of aromatic nitrogens is 2. The first-order valence-electron chi connectivity index (χ1n) is 6.82. The molecule has 3 N–H and O–H groups in total. The van der Waals surface area contributed by atoms with Crippen LogP contribution in [0.4, 0.5) is 0 Å². The van der Waals surface area contributed by atoms with E-state index in [9.17, 15) is 4.79 Å². The van der Waals surface area contributed by atoms with Crippen LogP contribution >= 0.6 is 12.4 Å². The van der Waals surface area contributed by atoms with E-state index in [4.69, 9.17) is 10.3 Å². The first kappa shape index (κ1) is 18.1. The topological polar surface area (TPSA) is 94.0 Å². The van der Waals surface area contributed by atoms with Crippen LogP contribution in [0.1, 0.15) is 44.1 Å². The van der Waals surface area contributed by atoms with Gasteiger partial charge in [-0.15, -0.1) is 12.4 Å². The van der Waals surface area contributed by atoms with Gasteiger partial charge in [0.2, 0.25) is 11.8 Å². The molecule has 120 valence electrons. The van der Waals surface area contributed by atoms with E-state index in [1.165, 1.54) is 0 Å². The summed E-state index contributed by atoms with van der Waals surface area (Å²) in [5.41, 5.74) is 5.89. The maximum atomic E-state index is 11.8. The lowest BCUT2D eigenvalue weighted by atomic mass is 10.1. The van der Waals surface area contributed by atoms with Gasteiger partial charge in [-0.05, 0) is 26.3 Å². The second-order valence-electron chi connectivity index (χ2n) is 5.63. The lowest BCUT2D eigenvalue weighted by Gasteiger charge is -2.19. The van der Waals surface area contributed by atoms with Gasteiger partial charge in [0.15, 0.2) is 5.82 Å². The fraction of sp³-hybridized carbons (Fsp3) is 0.400. The molecule has 6 nitrogen and oxygen atoms in total. The van der Waals surface area contributed by atoms with E-state index < -0.39 is 5.54 Å². The summed E-state index contributed by atoms with van der Waals surface area (Å²) in [6.45, 7) is 5.07. The molecule has 2 rings (SSSR count). The number of hydrogen-bond donors (Lipinski definition) is 2. The Hall–Kier alpha value is -1.92. The average molecular weight is 325 g/mol. The van der Waals surface area contributed by atoms with E-state index in [0.29, 0.717) is 18.1 Å². The maximum absolute atomic E-state index is 11.8. The van der Waals surface area contributed by atoms with E-state index in [1.54, 1.807) is 20.8 Å². The van der Waals surface area contributed by atoms with Crippen molar-refractivity contribution in [3.63, 3.8) is 0 Å². The van der Waals surface area contributed by atoms with Gasteiger partial charge < -0.3 is 15.6 Å². The fourth-order valence-electron chi connectivity index (χ4n) is 1.74. The summed E-state index contributed by atoms with van der Waals surface area (Å²) >= 11 is 0. The Morgan fingerprint density at radius 2 is 2.00 bits per heavy atom. The molecule has 7 heteroatoms. The highest BCUT2D eigenvalue weighted by atomic mass is 35.5. The largest absolute Gasteiger partial charge is 0.343 e. The lowest BCUT2D eigenvalue weighted by Crippen LogP contribution is -2.49. The number of carbonyl (C=O) groups is 1. The van der Waals surface area contributed by atoms with Gasteiger partial charge in [-0.2, -0.15) is 4.98 Å². The molecule has 0 aliphatic rings. The number of nitrogens with one attached hydrogen (secondary N) is 1. The number of nitrogens with zero attached hydrogens (tertiary/aromatic N) is 2. The van der Waals surface area contributed by atoms with Crippen molar-refractivity contribution in [3.05, 3.63) is 47.6 Å². The molecule has 0 radical (unpaired) electrons. The van der Waals surface area contributed by atoms with Crippen LogP contribution in [-0.4, -0.2) is 21.6 Å². The predicted octanol–water partition coefficient (Wildman–Crippen LogP) is 2.00. The van der Waals surface area contributed by atoms with Crippen molar-refractivity contribution in [2.75, 3.05) is 0 Å². The molecular formula is C15H21ClN4O2. The smallest absolute Gasteiger partial charge is 0.248 e. The van der Waals surface area contributed by atoms with Crippen LogP contribution in [0.2, 0.25) is 0 Å². The average Bonchev–Trinajstić information content (AvgIpc) is 2.87. The Labute approximate surface area is 135 Å². The van der Waals surface area contributed by atoms with Crippen molar-refractivity contribution in [1.29, 1.82) is 0 Å². The predicted molar refractivity (Wildman–Crippen MR) is 85.6 cm³/mol. The summed E-state index contributed by atoms with van der Waals surface area (Å²) in [4.78, 5) is 16.1. The third-order valence-electron chi connectivity index (χ3n) is 2.99. The molecule has 1 amide bonds. The normalized spacial score (nSPS) is 12.4. The third kappa shape index (κ3) is 4.82. The highest BCUT2D eigenvalue weighted by Gasteiger charge is 2.25. The molecule has 1 heterocycles. The van der Waals surface area contributed by atoms with Crippen molar-refractivity contribution < 1.29 is 9.32 Å². The van der Waals surface area contributed by atoms with Crippen molar-refractivity contribution in [2.45, 2.75) is 38.8 Å². The zero-order chi connectivity index (χ0) is 15.5. The van der Waals surface area contributed by atoms with Gasteiger partial charge in [0.1, 0.15) is 6.04 Å². The van der Waals surface area contributed by atoms with Gasteiger partial charge in [0.05, 0.1) is 5.54 Å². The molecule has 1 aromatic heterocycles. The Balaban J connectivity index is 0.00000242. The first-order valence-corrected chi connectivity index (χ1v) is 6.82. The highest BCUT2D eigenvalue weighted by molar-refractivity contribution is 5.85. The zero-order valence-electron chi connectivity index (χ0n) is 12.9. The molecule has 1 aromatic carbocycles. The number of rotatable bonds is 5. The van der Waals surface area contributed by atoms with E-state index >= 15 is 0 Å². The van der Waals surface area contributed by atoms with Crippen LogP contribution in [0, 0.1) is 0 Å². The molecule has 1 unspecified atom stereocenters. The Morgan fingerprint density at radius 1 is 1.36 bits per heavy atom. The Kier molecular flexibility index (Phi) is 6.08. The molecule has 2 aromatic rings. The van der Waals surface area contributed by atoms with Crippen molar-refractivity contribution in [2.24, 2.45) is 5.73 Å². The van der Waals surface area contributed by atoms with Gasteiger partial charge in [0.25, 0.3) is 0 Å². The summed E-state index contributed by atoms with van der Waals surface area (Å²) < 4.78 is 5.20. The van der Waals surface area contributed by atoms with Crippen molar-refractivity contribution in [3.8, 4) is 0 Å². The van der Waals surface area contributed by atoms with Gasteiger partial charge in [-0.1, -0.05) is 35.5 Å². The molecule has 0 aliphatic carbocycles. The molecule has 0 aliphatic heterocycles. The number of benzene rings is 1. The van der Waals surface area contributed by atoms with E-state index in [2.05, 4.69) is 15.5 Å². The maximum Gasteiger partial charge on any atom is 0.248 e. The van der Waals surface area contributed by atoms with Gasteiger partial charge in [0, 0.05) is 6.42 Å². The van der Waals surface area contributed by atoms with Crippen LogP contribution < -0.4 is 11.1 Å². The summed E-state index contributed by atoms with van der Waals surface area (Å²) in [5.74, 6) is 0.695. The number of nitrogens with two attached hydrogens (primary N) is 1. The number of halogens is 1. The van der Waals surface area contributed by atoms with Crippen LogP contribution in [0.15, 0.2) is 34.9 Å². The Bertz CT molecular complexity index is 608. The highest BCUT2D eigenvalue weighted by Crippen LogP contribution is 2.13. The Morgan fingerprint density at radius 3 is 2.59 bits per heavy atom. The summed E-state index contributed by atoms with van der Waals surface area (Å²) in [6, 6.07) is 9.50. The molecule has 22 heavy (non-hydrogen) atoms. The van der Waals surface area contributed by atoms with E-state index in [0.717, 1.165) is 5.56 Å². The van der Waals surface area contributed by atoms with Gasteiger partial charge in [-0.3, -0.25) is 4.79 Å². The number of carbonyl (C=O) groups excluding carboxylic acids is 1. The lowest BCUT2D eigenvalue weighted by molar-refractivity contribution is -0.126. The zero-order valence-corrected chi connectivity index (χ0v) is 13.7. The quantitative estimate of drug-likeness (QED) is 0.877. The molecular weight excluding hydrogens is 304 g/mol. The fourth-order valence-corrected chi connectivity index (χ4v) is 1.74. The molecule has 0 spiro atoms. The summed E-state index contributed by atoms with van der Waals surface area (Å²) in [7, 11) is 0. The monoisotopic (exact) mass is 324 g/mol. The van der Waals surface area contributed by atoms with Crippen LogP contribution in [0.3, 0.4) is 0 Å². The standard InChI is InChI=1S/C15H20N4O2.ClH/c1-10(17-14(20)15(2,3)16)13-18-12(19-21-13)9-11-7-5-4-6-8-11;/h4-8,10H,9,16H2,1-3H3,(H,17,20);1H. The first-order chi connectivity index (χ1) is 9.86. The van der Waals surface area contributed by atoms with Crippen LogP contribution in [0.25, 0.3) is 0 Å². The van der Waals surface area contributed by atoms with Crippen LogP contribution in [-0.2, 0) is 11.2 Å². The number of amides is 1. The van der Waals surface area contributed by atoms with Gasteiger partial charge >= 0.3 is 0 Å². The third-order valence-corrected chi connectivity index (χ3v) is 2.99. The molecule has 1 atom stereocenters. The SMILES string of the molecule is CC(NC(=O)C(C)(C)N)c1nc(Cc2ccccc2)no1.Cl. The molecule has 0 saturated carbocycles. The van der Waals surface area contributed by atoms with Crippen molar-refractivity contribution >= 4 is 18.3 Å². The van der Waals surface area contributed by atoms with E-state index in [-0.39, 0.29) is 24.4 Å². The van der Waals surface area contributed by atoms with Crippen molar-refractivity contribution in [1.82, 2.24) is 15.5 Å². The molecule has 0 fully saturated rings. The summed E-state index contributed by atoms with van der Waals surface area (Å²) in [6.07, 6.45) is 0.591.